The Hall–Kier alpha value is -2.64. The number of allylic oxidation sites excluding steroid dienone is 5. The number of hydrogen-bond donors (Lipinski definition) is 5. The number of phosphoric acid groups is 1. The number of rotatable bonds is 46. The summed E-state index contributed by atoms with van der Waals surface area (Å²) in [5, 5.41) is 29.2. The van der Waals surface area contributed by atoms with Crippen molar-refractivity contribution in [3.8, 4) is 0 Å². The van der Waals surface area contributed by atoms with Crippen molar-refractivity contribution >= 4 is 25.7 Å². The highest BCUT2D eigenvalue weighted by Gasteiger charge is 2.28. The highest BCUT2D eigenvalue weighted by atomic mass is 31.2. The maximum Gasteiger partial charge on any atom is 0.472 e. The van der Waals surface area contributed by atoms with Gasteiger partial charge in [0.1, 0.15) is 12.6 Å². The van der Waals surface area contributed by atoms with Crippen molar-refractivity contribution in [3.05, 3.63) is 48.6 Å². The van der Waals surface area contributed by atoms with Crippen LogP contribution in [0.2, 0.25) is 0 Å². The average molecular weight is 928 g/mol. The normalized spacial score (nSPS) is 15.0. The molecule has 13 nitrogen and oxygen atoms in total. The number of carboxylic acids is 1. The van der Waals surface area contributed by atoms with E-state index >= 15 is 0 Å². The third kappa shape index (κ3) is 43.3. The highest BCUT2D eigenvalue weighted by Crippen LogP contribution is 2.43. The molecule has 14 heteroatoms. The molecular weight excluding hydrogens is 838 g/mol. The van der Waals surface area contributed by atoms with Crippen LogP contribution in [0.1, 0.15) is 206 Å². The Kier molecular flexibility index (Phi) is 42.4. The van der Waals surface area contributed by atoms with Gasteiger partial charge in [0.25, 0.3) is 0 Å². The molecule has 0 aromatic heterocycles. The fourth-order valence-corrected chi connectivity index (χ4v) is 7.57. The van der Waals surface area contributed by atoms with Gasteiger partial charge in [-0.25, -0.2) is 4.57 Å². The lowest BCUT2D eigenvalue weighted by molar-refractivity contribution is -0.161. The molecule has 0 saturated carbocycles. The van der Waals surface area contributed by atoms with E-state index in [0.29, 0.717) is 19.3 Å². The lowest BCUT2D eigenvalue weighted by Crippen LogP contribution is -2.34. The zero-order chi connectivity index (χ0) is 47.4. The maximum atomic E-state index is 12.7. The third-order valence-electron chi connectivity index (χ3n) is 10.8. The van der Waals surface area contributed by atoms with Crippen LogP contribution in [0.5, 0.6) is 0 Å². The zero-order valence-electron chi connectivity index (χ0n) is 39.8. The first-order valence-electron chi connectivity index (χ1n) is 24.9. The third-order valence-corrected chi connectivity index (χ3v) is 11.7. The summed E-state index contributed by atoms with van der Waals surface area (Å²) in [7, 11) is -4.78. The lowest BCUT2D eigenvalue weighted by Gasteiger charge is -2.20. The predicted octanol–water partition coefficient (Wildman–Crippen LogP) is 11.7. The number of carboxylic acid groups (broad SMARTS) is 1. The van der Waals surface area contributed by atoms with Crippen LogP contribution < -0.4 is 5.73 Å². The van der Waals surface area contributed by atoms with Crippen LogP contribution in [-0.4, -0.2) is 82.3 Å². The Morgan fingerprint density at radius 1 is 0.562 bits per heavy atom. The number of ether oxygens (including phenoxy) is 2. The molecule has 0 aliphatic rings. The van der Waals surface area contributed by atoms with E-state index in [-0.39, 0.29) is 19.3 Å². The maximum absolute atomic E-state index is 12.7. The second-order valence-corrected chi connectivity index (χ2v) is 18.5. The number of nitrogens with two attached hydrogens (primary N) is 1. The van der Waals surface area contributed by atoms with Crippen LogP contribution in [0, 0.1) is 0 Å². The molecule has 0 rings (SSSR count). The smallest absolute Gasteiger partial charge is 0.472 e. The van der Waals surface area contributed by atoms with Crippen LogP contribution in [-0.2, 0) is 37.5 Å². The van der Waals surface area contributed by atoms with Crippen molar-refractivity contribution in [2.75, 3.05) is 19.8 Å². The molecule has 0 aromatic rings. The second kappa shape index (κ2) is 44.2. The van der Waals surface area contributed by atoms with Crippen LogP contribution >= 0.6 is 7.82 Å². The Bertz CT molecular complexity index is 1310. The van der Waals surface area contributed by atoms with Crippen molar-refractivity contribution in [1.82, 2.24) is 0 Å². The second-order valence-electron chi connectivity index (χ2n) is 17.0. The van der Waals surface area contributed by atoms with Gasteiger partial charge in [0.2, 0.25) is 0 Å². The lowest BCUT2D eigenvalue weighted by atomic mass is 10.0. The minimum Gasteiger partial charge on any atom is -0.480 e. The van der Waals surface area contributed by atoms with E-state index < -0.39 is 69.9 Å². The molecule has 0 aliphatic heterocycles. The number of carbonyl (C=O) groups excluding carboxylic acids is 2. The van der Waals surface area contributed by atoms with Gasteiger partial charge >= 0.3 is 25.7 Å². The van der Waals surface area contributed by atoms with Gasteiger partial charge in [-0.3, -0.25) is 23.4 Å². The van der Waals surface area contributed by atoms with Crippen LogP contribution in [0.3, 0.4) is 0 Å². The number of aliphatic hydroxyl groups is 2. The van der Waals surface area contributed by atoms with E-state index in [1.54, 1.807) is 36.5 Å². The molecule has 0 radical (unpaired) electrons. The number of aliphatic carboxylic acids is 1. The van der Waals surface area contributed by atoms with Gasteiger partial charge in [0.15, 0.2) is 6.10 Å². The fraction of sp³-hybridized carbons (Fsp3) is 0.780. The van der Waals surface area contributed by atoms with Gasteiger partial charge in [-0.05, 0) is 38.5 Å². The summed E-state index contributed by atoms with van der Waals surface area (Å²) in [5.74, 6) is -2.64. The van der Waals surface area contributed by atoms with Crippen molar-refractivity contribution < 1.29 is 57.7 Å². The first-order valence-corrected chi connectivity index (χ1v) is 26.4. The minimum absolute atomic E-state index is 0.0376. The monoisotopic (exact) mass is 928 g/mol. The van der Waals surface area contributed by atoms with E-state index in [0.717, 1.165) is 32.1 Å². The summed E-state index contributed by atoms with van der Waals surface area (Å²) in [6.07, 6.45) is 43.8. The van der Waals surface area contributed by atoms with E-state index in [1.807, 2.05) is 6.08 Å². The largest absolute Gasteiger partial charge is 0.480 e. The Labute approximate surface area is 387 Å². The van der Waals surface area contributed by atoms with Crippen molar-refractivity contribution in [3.63, 3.8) is 0 Å². The molecule has 0 aromatic carbocycles. The number of aliphatic hydroxyl groups excluding tert-OH is 2. The fourth-order valence-electron chi connectivity index (χ4n) is 6.79. The van der Waals surface area contributed by atoms with Crippen molar-refractivity contribution in [2.24, 2.45) is 5.73 Å². The summed E-state index contributed by atoms with van der Waals surface area (Å²) in [5.41, 5.74) is 5.33. The summed E-state index contributed by atoms with van der Waals surface area (Å²) < 4.78 is 32.6. The van der Waals surface area contributed by atoms with Crippen molar-refractivity contribution in [2.45, 2.75) is 231 Å². The summed E-state index contributed by atoms with van der Waals surface area (Å²) in [6.45, 7) is 2.52. The van der Waals surface area contributed by atoms with Gasteiger partial charge in [-0.15, -0.1) is 0 Å². The summed E-state index contributed by atoms with van der Waals surface area (Å²) in [4.78, 5) is 46.1. The molecule has 0 bridgehead atoms. The van der Waals surface area contributed by atoms with E-state index in [4.69, 9.17) is 24.8 Å². The Morgan fingerprint density at radius 2 is 1.02 bits per heavy atom. The molecule has 0 amide bonds. The minimum atomic E-state index is -4.78. The van der Waals surface area contributed by atoms with E-state index in [1.165, 1.54) is 122 Å². The Morgan fingerprint density at radius 3 is 1.53 bits per heavy atom. The standard InChI is InChI=1S/C50H90NO12P/c1-3-5-7-9-11-12-13-14-15-16-17-18-19-20-21-22-23-24-25-27-33-39-49(55)63-46(42-61-64(58,59)62-43-47(51)50(56)57)41-60-48(54)40-34-38-45(53)37-32-29-28-31-36-44(52)35-30-26-10-8-6-4-2/h26,28-32,36-37,44-47,52-53H,3-25,27,33-35,38-43,51H2,1-2H3,(H,56,57)(H,58,59)/b29-28+,30-26-,36-31+,37-32-/t44-,45-,46-,47+/m1/s1. The zero-order valence-corrected chi connectivity index (χ0v) is 40.7. The molecule has 1 unspecified atom stereocenters. The molecule has 0 heterocycles. The molecule has 372 valence electrons. The van der Waals surface area contributed by atoms with Crippen LogP contribution in [0.25, 0.3) is 0 Å². The predicted molar refractivity (Wildman–Crippen MR) is 257 cm³/mol. The first kappa shape index (κ1) is 61.4. The molecular formula is C50H90NO12P. The quantitative estimate of drug-likeness (QED) is 0.0127. The number of hydrogen-bond acceptors (Lipinski definition) is 11. The molecule has 6 N–H and O–H groups in total. The molecule has 0 spiro atoms. The Balaban J connectivity index is 4.46. The summed E-state index contributed by atoms with van der Waals surface area (Å²) in [6, 6.07) is -1.56. The highest BCUT2D eigenvalue weighted by molar-refractivity contribution is 7.47. The van der Waals surface area contributed by atoms with Crippen LogP contribution in [0.4, 0.5) is 0 Å². The molecule has 0 saturated heterocycles. The molecule has 5 atom stereocenters. The molecule has 0 fully saturated rings. The van der Waals surface area contributed by atoms with Crippen molar-refractivity contribution in [1.29, 1.82) is 0 Å². The van der Waals surface area contributed by atoms with Crippen LogP contribution in [0.15, 0.2) is 48.6 Å². The SMILES string of the molecule is CCCCC/C=C\C[C@@H](O)/C=C/C=C/C=C\[C@@H](O)CCCC(=O)OC[C@H](COP(=O)(O)OC[C@H](N)C(=O)O)OC(=O)CCCCCCCCCCCCCCCCCCCCCCC. The molecule has 64 heavy (non-hydrogen) atoms. The number of phosphoric ester groups is 1. The number of esters is 2. The average Bonchev–Trinajstić information content (AvgIpc) is 3.26. The van der Waals surface area contributed by atoms with Gasteiger partial charge in [-0.2, -0.15) is 0 Å². The number of carbonyl (C=O) groups is 3. The molecule has 0 aliphatic carbocycles. The summed E-state index contributed by atoms with van der Waals surface area (Å²) >= 11 is 0. The topological polar surface area (TPSA) is 212 Å². The van der Waals surface area contributed by atoms with Gasteiger partial charge < -0.3 is 35.4 Å². The van der Waals surface area contributed by atoms with Gasteiger partial charge in [0.05, 0.1) is 25.4 Å². The first-order chi connectivity index (χ1) is 30.9. The van der Waals surface area contributed by atoms with Gasteiger partial charge in [-0.1, -0.05) is 204 Å². The number of unbranched alkanes of at least 4 members (excludes halogenated alkanes) is 23. The van der Waals surface area contributed by atoms with Gasteiger partial charge in [0, 0.05) is 12.8 Å². The van der Waals surface area contributed by atoms with E-state index in [2.05, 4.69) is 24.4 Å². The van der Waals surface area contributed by atoms with E-state index in [9.17, 15) is 34.1 Å².